The fourth-order valence-electron chi connectivity index (χ4n) is 3.92. The van der Waals surface area contributed by atoms with Gasteiger partial charge < -0.3 is 4.74 Å². The van der Waals surface area contributed by atoms with Crippen molar-refractivity contribution in [2.24, 2.45) is 0 Å². The van der Waals surface area contributed by atoms with E-state index in [1.165, 1.54) is 0 Å². The highest BCUT2D eigenvalue weighted by atomic mass is 16.5. The predicted molar refractivity (Wildman–Crippen MR) is 109 cm³/mol. The van der Waals surface area contributed by atoms with Crippen LogP contribution in [0.25, 0.3) is 10.9 Å². The molecule has 2 aromatic carbocycles. The summed E-state index contributed by atoms with van der Waals surface area (Å²) in [4.78, 5) is 30.4. The molecule has 0 N–H and O–H groups in total. The molecule has 0 saturated heterocycles. The normalized spacial score (nSPS) is 13.2. The molecule has 1 heterocycles. The van der Waals surface area contributed by atoms with Gasteiger partial charge >= 0.3 is 5.97 Å². The molecular weight excluding hydrogens is 350 g/mol. The van der Waals surface area contributed by atoms with Crippen molar-refractivity contribution in [3.63, 3.8) is 0 Å². The smallest absolute Gasteiger partial charge is 0.339 e. The Morgan fingerprint density at radius 3 is 2.68 bits per heavy atom. The Kier molecular flexibility index (Phi) is 4.95. The third-order valence-corrected chi connectivity index (χ3v) is 5.40. The lowest BCUT2D eigenvalue weighted by Gasteiger charge is -2.20. The Hall–Kier alpha value is -3.01. The van der Waals surface area contributed by atoms with Crippen molar-refractivity contribution in [2.75, 3.05) is 6.61 Å². The molecule has 28 heavy (non-hydrogen) atoms. The van der Waals surface area contributed by atoms with Crippen LogP contribution in [0, 0.1) is 13.8 Å². The average Bonchev–Trinajstić information content (AvgIpc) is 2.71. The van der Waals surface area contributed by atoms with Gasteiger partial charge in [0.2, 0.25) is 5.78 Å². The number of Topliss-reactive ketones (excluding diaryl/α,β-unsaturated/α-hetero) is 1. The summed E-state index contributed by atoms with van der Waals surface area (Å²) in [6.07, 6.45) is 3.82. The fourth-order valence-corrected chi connectivity index (χ4v) is 3.92. The van der Waals surface area contributed by atoms with E-state index in [2.05, 4.69) is 0 Å². The van der Waals surface area contributed by atoms with Gasteiger partial charge in [-0.25, -0.2) is 4.79 Å². The predicted octanol–water partition coefficient (Wildman–Crippen LogP) is 4.77. The molecule has 0 atom stereocenters. The van der Waals surface area contributed by atoms with Gasteiger partial charge in [-0.15, -0.1) is 0 Å². The van der Waals surface area contributed by atoms with Crippen LogP contribution in [0.15, 0.2) is 42.5 Å². The zero-order valence-electron chi connectivity index (χ0n) is 16.2. The minimum atomic E-state index is -0.435. The molecule has 1 aliphatic rings. The average molecular weight is 373 g/mol. The Morgan fingerprint density at radius 1 is 1.04 bits per heavy atom. The largest absolute Gasteiger partial charge is 0.454 e. The maximum atomic E-state index is 13.0. The lowest BCUT2D eigenvalue weighted by Crippen LogP contribution is -2.19. The number of nitrogens with zero attached hydrogens (tertiary/aromatic N) is 1. The van der Waals surface area contributed by atoms with E-state index in [-0.39, 0.29) is 12.4 Å². The fraction of sp³-hybridized carbons (Fsp3) is 0.292. The third kappa shape index (κ3) is 3.42. The van der Waals surface area contributed by atoms with Gasteiger partial charge in [-0.1, -0.05) is 35.9 Å². The molecule has 0 amide bonds. The summed E-state index contributed by atoms with van der Waals surface area (Å²) in [6.45, 7) is 3.58. The Balaban J connectivity index is 1.64. The molecule has 0 unspecified atom stereocenters. The first kappa shape index (κ1) is 18.4. The van der Waals surface area contributed by atoms with Crippen LogP contribution in [0.5, 0.6) is 0 Å². The van der Waals surface area contributed by atoms with Crippen molar-refractivity contribution in [1.29, 1.82) is 0 Å². The molecule has 0 saturated carbocycles. The van der Waals surface area contributed by atoms with E-state index in [1.807, 2.05) is 56.3 Å². The summed E-state index contributed by atoms with van der Waals surface area (Å²) in [5.41, 5.74) is 5.85. The van der Waals surface area contributed by atoms with Crippen LogP contribution in [0.1, 0.15) is 55.9 Å². The number of rotatable bonds is 4. The van der Waals surface area contributed by atoms with Crippen molar-refractivity contribution in [3.05, 3.63) is 76.0 Å². The summed E-state index contributed by atoms with van der Waals surface area (Å²) in [5.74, 6) is -0.614. The number of hydrogen-bond acceptors (Lipinski definition) is 4. The van der Waals surface area contributed by atoms with Gasteiger partial charge in [0.25, 0.3) is 0 Å². The number of fused-ring (bicyclic) bond motifs is 2. The monoisotopic (exact) mass is 373 g/mol. The number of pyridine rings is 1. The molecular formula is C24H23NO3. The molecule has 0 radical (unpaired) electrons. The van der Waals surface area contributed by atoms with Crippen molar-refractivity contribution < 1.29 is 14.3 Å². The van der Waals surface area contributed by atoms with Gasteiger partial charge in [0.05, 0.1) is 11.1 Å². The van der Waals surface area contributed by atoms with Crippen LogP contribution in [-0.4, -0.2) is 23.3 Å². The number of hydrogen-bond donors (Lipinski definition) is 0. The SMILES string of the molecule is Cc1ccc(C)c(C(=O)COC(=O)c2c3c(nc4ccccc24)CCCC3)c1. The van der Waals surface area contributed by atoms with Gasteiger partial charge in [-0.3, -0.25) is 9.78 Å². The van der Waals surface area contributed by atoms with Crippen molar-refractivity contribution in [1.82, 2.24) is 4.98 Å². The van der Waals surface area contributed by atoms with Gasteiger partial charge in [0, 0.05) is 16.6 Å². The summed E-state index contributed by atoms with van der Waals surface area (Å²) >= 11 is 0. The van der Waals surface area contributed by atoms with Crippen LogP contribution < -0.4 is 0 Å². The van der Waals surface area contributed by atoms with E-state index in [4.69, 9.17) is 9.72 Å². The molecule has 3 aromatic rings. The molecule has 4 heteroatoms. The Bertz CT molecular complexity index is 1080. The maximum absolute atomic E-state index is 13.0. The van der Waals surface area contributed by atoms with Crippen LogP contribution in [0.4, 0.5) is 0 Å². The number of benzene rings is 2. The number of esters is 1. The van der Waals surface area contributed by atoms with E-state index in [0.29, 0.717) is 11.1 Å². The second-order valence-corrected chi connectivity index (χ2v) is 7.45. The second kappa shape index (κ2) is 7.55. The van der Waals surface area contributed by atoms with Gasteiger partial charge in [-0.05, 0) is 62.8 Å². The quantitative estimate of drug-likeness (QED) is 0.488. The van der Waals surface area contributed by atoms with Crippen molar-refractivity contribution in [3.8, 4) is 0 Å². The summed E-state index contributed by atoms with van der Waals surface area (Å²) in [5, 5.41) is 0.798. The number of para-hydroxylation sites is 1. The minimum absolute atomic E-state index is 0.179. The number of ketones is 1. The maximum Gasteiger partial charge on any atom is 0.339 e. The highest BCUT2D eigenvalue weighted by Gasteiger charge is 2.24. The molecule has 142 valence electrons. The first-order chi connectivity index (χ1) is 13.5. The topological polar surface area (TPSA) is 56.3 Å². The van der Waals surface area contributed by atoms with E-state index >= 15 is 0 Å². The number of carbonyl (C=O) groups excluding carboxylic acids is 2. The Morgan fingerprint density at radius 2 is 1.82 bits per heavy atom. The molecule has 0 spiro atoms. The summed E-state index contributed by atoms with van der Waals surface area (Å²) < 4.78 is 5.50. The lowest BCUT2D eigenvalue weighted by molar-refractivity contribution is 0.0475. The first-order valence-corrected chi connectivity index (χ1v) is 9.72. The standard InChI is InChI=1S/C24H23NO3/c1-15-11-12-16(2)19(13-15)22(26)14-28-24(27)23-17-7-3-5-9-20(17)25-21-10-6-4-8-18(21)23/h3,5,7,9,11-13H,4,6,8,10,14H2,1-2H3. The summed E-state index contributed by atoms with van der Waals surface area (Å²) in [7, 11) is 0. The minimum Gasteiger partial charge on any atom is -0.454 e. The van der Waals surface area contributed by atoms with E-state index in [9.17, 15) is 9.59 Å². The molecule has 1 aromatic heterocycles. The molecule has 0 bridgehead atoms. The van der Waals surface area contributed by atoms with Crippen LogP contribution in [0.2, 0.25) is 0 Å². The number of aryl methyl sites for hydroxylation is 3. The van der Waals surface area contributed by atoms with Crippen LogP contribution in [-0.2, 0) is 17.6 Å². The van der Waals surface area contributed by atoms with E-state index in [1.54, 1.807) is 0 Å². The van der Waals surface area contributed by atoms with Gasteiger partial charge in [-0.2, -0.15) is 0 Å². The van der Waals surface area contributed by atoms with Gasteiger partial charge in [0.15, 0.2) is 6.61 Å². The highest BCUT2D eigenvalue weighted by molar-refractivity contribution is 6.06. The highest BCUT2D eigenvalue weighted by Crippen LogP contribution is 2.29. The number of ether oxygens (including phenoxy) is 1. The Labute approximate surface area is 164 Å². The molecule has 1 aliphatic carbocycles. The number of aromatic nitrogens is 1. The first-order valence-electron chi connectivity index (χ1n) is 9.72. The van der Waals surface area contributed by atoms with E-state index in [0.717, 1.165) is 59.0 Å². The molecule has 4 rings (SSSR count). The van der Waals surface area contributed by atoms with Crippen molar-refractivity contribution >= 4 is 22.7 Å². The zero-order chi connectivity index (χ0) is 19.7. The van der Waals surface area contributed by atoms with Crippen LogP contribution in [0.3, 0.4) is 0 Å². The van der Waals surface area contributed by atoms with Crippen LogP contribution >= 0.6 is 0 Å². The van der Waals surface area contributed by atoms with Crippen molar-refractivity contribution in [2.45, 2.75) is 39.5 Å². The number of carbonyl (C=O) groups is 2. The third-order valence-electron chi connectivity index (χ3n) is 5.40. The van der Waals surface area contributed by atoms with Gasteiger partial charge in [0.1, 0.15) is 0 Å². The molecule has 4 nitrogen and oxygen atoms in total. The lowest BCUT2D eigenvalue weighted by atomic mass is 9.90. The molecule has 0 aliphatic heterocycles. The second-order valence-electron chi connectivity index (χ2n) is 7.45. The summed E-state index contributed by atoms with van der Waals surface area (Å²) in [6, 6.07) is 13.4. The zero-order valence-corrected chi connectivity index (χ0v) is 16.2. The molecule has 0 fully saturated rings. The van der Waals surface area contributed by atoms with E-state index < -0.39 is 5.97 Å².